The van der Waals surface area contributed by atoms with Gasteiger partial charge in [-0.15, -0.1) is 24.0 Å². The Labute approximate surface area is 168 Å². The van der Waals surface area contributed by atoms with Gasteiger partial charge in [0, 0.05) is 39.4 Å². The fourth-order valence-corrected chi connectivity index (χ4v) is 1.93. The van der Waals surface area contributed by atoms with Gasteiger partial charge >= 0.3 is 0 Å². The van der Waals surface area contributed by atoms with Crippen molar-refractivity contribution < 1.29 is 9.53 Å². The Morgan fingerprint density at radius 3 is 2.36 bits per heavy atom. The molecule has 0 fully saturated rings. The molecule has 0 saturated heterocycles. The zero-order valence-electron chi connectivity index (χ0n) is 15.8. The minimum absolute atomic E-state index is 0. The molecule has 0 spiro atoms. The lowest BCUT2D eigenvalue weighted by Gasteiger charge is -2.24. The SMILES string of the molecule is CCCC(=O)Nc1ccc(CNC(=NC)NCC(C)(C)OC)cc1.I. The first-order chi connectivity index (χ1) is 11.4. The molecule has 3 N–H and O–H groups in total. The van der Waals surface area contributed by atoms with Gasteiger partial charge < -0.3 is 20.7 Å². The lowest BCUT2D eigenvalue weighted by Crippen LogP contribution is -2.45. The van der Waals surface area contributed by atoms with Crippen LogP contribution in [0.5, 0.6) is 0 Å². The van der Waals surface area contributed by atoms with Gasteiger partial charge in [0.15, 0.2) is 5.96 Å². The smallest absolute Gasteiger partial charge is 0.224 e. The molecule has 142 valence electrons. The Morgan fingerprint density at radius 2 is 1.84 bits per heavy atom. The van der Waals surface area contributed by atoms with E-state index in [0.29, 0.717) is 19.5 Å². The van der Waals surface area contributed by atoms with Crippen molar-refractivity contribution in [1.82, 2.24) is 10.6 Å². The van der Waals surface area contributed by atoms with E-state index in [0.717, 1.165) is 23.6 Å². The van der Waals surface area contributed by atoms with E-state index in [1.165, 1.54) is 0 Å². The minimum Gasteiger partial charge on any atom is -0.377 e. The molecule has 0 aliphatic rings. The van der Waals surface area contributed by atoms with Gasteiger partial charge in [-0.2, -0.15) is 0 Å². The number of guanidine groups is 1. The summed E-state index contributed by atoms with van der Waals surface area (Å²) in [4.78, 5) is 15.8. The van der Waals surface area contributed by atoms with Gasteiger partial charge in [0.1, 0.15) is 0 Å². The molecule has 0 radical (unpaired) electrons. The third-order valence-electron chi connectivity index (χ3n) is 3.63. The second-order valence-electron chi connectivity index (χ2n) is 6.24. The van der Waals surface area contributed by atoms with Crippen molar-refractivity contribution in [1.29, 1.82) is 0 Å². The number of hydrogen-bond acceptors (Lipinski definition) is 3. The molecule has 0 saturated carbocycles. The molecule has 0 atom stereocenters. The number of ether oxygens (including phenoxy) is 1. The summed E-state index contributed by atoms with van der Waals surface area (Å²) in [7, 11) is 3.43. The molecule has 6 nitrogen and oxygen atoms in total. The molecular weight excluding hydrogens is 431 g/mol. The van der Waals surface area contributed by atoms with Crippen LogP contribution in [0.15, 0.2) is 29.3 Å². The number of rotatable bonds is 8. The number of hydrogen-bond donors (Lipinski definition) is 3. The van der Waals surface area contributed by atoms with Crippen LogP contribution < -0.4 is 16.0 Å². The van der Waals surface area contributed by atoms with E-state index in [-0.39, 0.29) is 35.5 Å². The van der Waals surface area contributed by atoms with E-state index < -0.39 is 0 Å². The predicted octanol–water partition coefficient (Wildman–Crippen LogP) is 3.13. The maximum atomic E-state index is 11.6. The Hall–Kier alpha value is -1.35. The normalized spacial score (nSPS) is 11.5. The Morgan fingerprint density at radius 1 is 1.20 bits per heavy atom. The average molecular weight is 462 g/mol. The second-order valence-corrected chi connectivity index (χ2v) is 6.24. The van der Waals surface area contributed by atoms with E-state index >= 15 is 0 Å². The maximum absolute atomic E-state index is 11.6. The van der Waals surface area contributed by atoms with Crippen LogP contribution >= 0.6 is 24.0 Å². The number of halogens is 1. The molecule has 25 heavy (non-hydrogen) atoms. The van der Waals surface area contributed by atoms with Crippen molar-refractivity contribution >= 4 is 41.5 Å². The van der Waals surface area contributed by atoms with Gasteiger partial charge in [-0.3, -0.25) is 9.79 Å². The zero-order chi connectivity index (χ0) is 18.0. The number of methoxy groups -OCH3 is 1. The number of nitrogens with one attached hydrogen (secondary N) is 3. The van der Waals surface area contributed by atoms with Crippen LogP contribution in [0.4, 0.5) is 5.69 Å². The fraction of sp³-hybridized carbons (Fsp3) is 0.556. The summed E-state index contributed by atoms with van der Waals surface area (Å²) in [5, 5.41) is 9.38. The van der Waals surface area contributed by atoms with E-state index in [4.69, 9.17) is 4.74 Å². The van der Waals surface area contributed by atoms with E-state index in [2.05, 4.69) is 20.9 Å². The Bertz CT molecular complexity index is 545. The van der Waals surface area contributed by atoms with E-state index in [1.54, 1.807) is 14.2 Å². The van der Waals surface area contributed by atoms with Crippen LogP contribution in [-0.4, -0.2) is 38.2 Å². The minimum atomic E-state index is -0.254. The fourth-order valence-electron chi connectivity index (χ4n) is 1.93. The van der Waals surface area contributed by atoms with Crippen LogP contribution in [0.2, 0.25) is 0 Å². The number of amides is 1. The highest BCUT2D eigenvalue weighted by molar-refractivity contribution is 14.0. The molecule has 0 bridgehead atoms. The molecular formula is C18H31IN4O2. The lowest BCUT2D eigenvalue weighted by atomic mass is 10.1. The summed E-state index contributed by atoms with van der Waals surface area (Å²) in [6, 6.07) is 7.80. The number of anilines is 1. The van der Waals surface area contributed by atoms with Crippen molar-refractivity contribution in [2.75, 3.05) is 26.0 Å². The van der Waals surface area contributed by atoms with Gasteiger partial charge in [-0.25, -0.2) is 0 Å². The summed E-state index contributed by atoms with van der Waals surface area (Å²) in [5.41, 5.74) is 1.68. The molecule has 0 heterocycles. The molecule has 1 aromatic rings. The van der Waals surface area contributed by atoms with Crippen LogP contribution in [0.1, 0.15) is 39.2 Å². The standard InChI is InChI=1S/C18H30N4O2.HI/c1-6-7-16(23)22-15-10-8-14(9-11-15)12-20-17(19-4)21-13-18(2,3)24-5;/h8-11H,6-7,12-13H2,1-5H3,(H,22,23)(H2,19,20,21);1H. The summed E-state index contributed by atoms with van der Waals surface area (Å²) in [5.74, 6) is 0.772. The summed E-state index contributed by atoms with van der Waals surface area (Å²) >= 11 is 0. The average Bonchev–Trinajstić information content (AvgIpc) is 2.56. The Balaban J connectivity index is 0.00000576. The van der Waals surface area contributed by atoms with Crippen molar-refractivity contribution in [3.63, 3.8) is 0 Å². The topological polar surface area (TPSA) is 74.8 Å². The number of nitrogens with zero attached hydrogens (tertiary/aromatic N) is 1. The lowest BCUT2D eigenvalue weighted by molar-refractivity contribution is -0.116. The zero-order valence-corrected chi connectivity index (χ0v) is 18.1. The molecule has 0 aliphatic heterocycles. The van der Waals surface area contributed by atoms with Crippen molar-refractivity contribution in [2.24, 2.45) is 4.99 Å². The van der Waals surface area contributed by atoms with E-state index in [1.807, 2.05) is 45.0 Å². The first kappa shape index (κ1) is 23.6. The molecule has 0 unspecified atom stereocenters. The molecule has 1 aromatic carbocycles. The van der Waals surface area contributed by atoms with Gasteiger partial charge in [-0.1, -0.05) is 19.1 Å². The van der Waals surface area contributed by atoms with Crippen molar-refractivity contribution in [2.45, 2.75) is 45.8 Å². The Kier molecular flexibility index (Phi) is 11.4. The quantitative estimate of drug-likeness (QED) is 0.315. The van der Waals surface area contributed by atoms with Gasteiger partial charge in [0.2, 0.25) is 5.91 Å². The van der Waals surface area contributed by atoms with Crippen molar-refractivity contribution in [3.05, 3.63) is 29.8 Å². The first-order valence-corrected chi connectivity index (χ1v) is 8.28. The monoisotopic (exact) mass is 462 g/mol. The third-order valence-corrected chi connectivity index (χ3v) is 3.63. The molecule has 0 aromatic heterocycles. The number of carbonyl (C=O) groups excluding carboxylic acids is 1. The number of benzene rings is 1. The van der Waals surface area contributed by atoms with Gasteiger partial charge in [0.05, 0.1) is 5.60 Å². The van der Waals surface area contributed by atoms with Crippen LogP contribution in [0, 0.1) is 0 Å². The predicted molar refractivity (Wildman–Crippen MR) is 115 cm³/mol. The van der Waals surface area contributed by atoms with E-state index in [9.17, 15) is 4.79 Å². The second kappa shape index (κ2) is 12.1. The van der Waals surface area contributed by atoms with Crippen LogP contribution in [0.3, 0.4) is 0 Å². The van der Waals surface area contributed by atoms with Crippen LogP contribution in [0.25, 0.3) is 0 Å². The highest BCUT2D eigenvalue weighted by atomic mass is 127. The third kappa shape index (κ3) is 9.64. The first-order valence-electron chi connectivity index (χ1n) is 8.28. The maximum Gasteiger partial charge on any atom is 0.224 e. The largest absolute Gasteiger partial charge is 0.377 e. The molecule has 7 heteroatoms. The van der Waals surface area contributed by atoms with Gasteiger partial charge in [-0.05, 0) is 38.0 Å². The van der Waals surface area contributed by atoms with Gasteiger partial charge in [0.25, 0.3) is 0 Å². The summed E-state index contributed by atoms with van der Waals surface area (Å²) in [6.07, 6.45) is 1.39. The van der Waals surface area contributed by atoms with Crippen molar-refractivity contribution in [3.8, 4) is 0 Å². The number of carbonyl (C=O) groups is 1. The highest BCUT2D eigenvalue weighted by Gasteiger charge is 2.16. The molecule has 1 rings (SSSR count). The summed E-state index contributed by atoms with van der Waals surface area (Å²) < 4.78 is 5.38. The highest BCUT2D eigenvalue weighted by Crippen LogP contribution is 2.10. The molecule has 0 aliphatic carbocycles. The van der Waals surface area contributed by atoms with Crippen LogP contribution in [-0.2, 0) is 16.1 Å². The number of aliphatic imine (C=N–C) groups is 1. The molecule has 1 amide bonds. The summed E-state index contributed by atoms with van der Waals surface area (Å²) in [6.45, 7) is 7.32.